The Labute approximate surface area is 149 Å². The minimum atomic E-state index is -0.540. The van der Waals surface area contributed by atoms with Gasteiger partial charge in [-0.1, -0.05) is 6.07 Å². The number of aromatic nitrogens is 3. The molecule has 8 heteroatoms. The maximum atomic E-state index is 12.0. The molecule has 0 atom stereocenters. The molecule has 136 valence electrons. The van der Waals surface area contributed by atoms with E-state index in [2.05, 4.69) is 10.2 Å². The van der Waals surface area contributed by atoms with Crippen LogP contribution in [0.25, 0.3) is 11.3 Å². The van der Waals surface area contributed by atoms with Crippen molar-refractivity contribution in [2.45, 2.75) is 13.0 Å². The van der Waals surface area contributed by atoms with Gasteiger partial charge < -0.3 is 18.8 Å². The van der Waals surface area contributed by atoms with Crippen LogP contribution in [0, 0.1) is 0 Å². The third-order valence-corrected chi connectivity index (χ3v) is 4.13. The van der Waals surface area contributed by atoms with Crippen molar-refractivity contribution >= 4 is 5.97 Å². The van der Waals surface area contributed by atoms with Gasteiger partial charge in [0.15, 0.2) is 11.5 Å². The number of pyridine rings is 1. The largest absolute Gasteiger partial charge is 0.493 e. The Hall–Kier alpha value is -3.29. The summed E-state index contributed by atoms with van der Waals surface area (Å²) in [6, 6.07) is 5.68. The fourth-order valence-corrected chi connectivity index (χ4v) is 2.77. The smallest absolute Gasteiger partial charge is 0.341 e. The molecule has 0 saturated carbocycles. The van der Waals surface area contributed by atoms with Crippen LogP contribution in [0.4, 0.5) is 0 Å². The Balaban J connectivity index is 1.89. The summed E-state index contributed by atoms with van der Waals surface area (Å²) in [5, 5.41) is 6.27. The molecule has 0 amide bonds. The maximum Gasteiger partial charge on any atom is 0.341 e. The van der Waals surface area contributed by atoms with Crippen molar-refractivity contribution in [3.05, 3.63) is 52.1 Å². The zero-order valence-electron chi connectivity index (χ0n) is 14.7. The van der Waals surface area contributed by atoms with E-state index in [1.807, 2.05) is 18.2 Å². The summed E-state index contributed by atoms with van der Waals surface area (Å²) in [5.41, 5.74) is 1.59. The van der Waals surface area contributed by atoms with Crippen LogP contribution in [0.3, 0.4) is 0 Å². The number of carbonyl (C=O) groups excluding carboxylic acids is 1. The predicted molar refractivity (Wildman–Crippen MR) is 94.1 cm³/mol. The molecule has 0 fully saturated rings. The average molecular weight is 357 g/mol. The second-order valence-corrected chi connectivity index (χ2v) is 5.66. The van der Waals surface area contributed by atoms with E-state index in [0.717, 1.165) is 5.56 Å². The summed E-state index contributed by atoms with van der Waals surface area (Å²) in [5.74, 6) is 0.770. The van der Waals surface area contributed by atoms with Crippen LogP contribution >= 0.6 is 0 Å². The Morgan fingerprint density at radius 2 is 1.92 bits per heavy atom. The first-order valence-electron chi connectivity index (χ1n) is 7.94. The van der Waals surface area contributed by atoms with Gasteiger partial charge in [0.05, 0.1) is 26.9 Å². The maximum absolute atomic E-state index is 12.0. The van der Waals surface area contributed by atoms with Crippen molar-refractivity contribution < 1.29 is 19.0 Å². The molecule has 2 aliphatic rings. The van der Waals surface area contributed by atoms with Crippen molar-refractivity contribution in [3.8, 4) is 22.8 Å². The van der Waals surface area contributed by atoms with Crippen LogP contribution < -0.4 is 15.0 Å². The number of aryl methyl sites for hydroxylation is 2. The van der Waals surface area contributed by atoms with Gasteiger partial charge in [0.25, 0.3) is 5.56 Å². The van der Waals surface area contributed by atoms with E-state index < -0.39 is 5.97 Å². The van der Waals surface area contributed by atoms with Crippen molar-refractivity contribution in [3.63, 3.8) is 0 Å². The average Bonchev–Trinajstić information content (AvgIpc) is 3.05. The van der Waals surface area contributed by atoms with Crippen LogP contribution in [-0.2, 0) is 17.7 Å². The van der Waals surface area contributed by atoms with Gasteiger partial charge in [0.2, 0.25) is 0 Å². The van der Waals surface area contributed by atoms with Gasteiger partial charge in [0.1, 0.15) is 11.3 Å². The zero-order valence-corrected chi connectivity index (χ0v) is 14.7. The molecule has 1 aromatic carbocycles. The summed E-state index contributed by atoms with van der Waals surface area (Å²) >= 11 is 0. The fraction of sp³-hybridized carbons (Fsp3) is 0.278. The molecule has 0 radical (unpaired) electrons. The number of H-pyrrole nitrogens is 1. The molecule has 3 rings (SSSR count). The molecular formula is C18H19N3O5. The van der Waals surface area contributed by atoms with Crippen molar-refractivity contribution in [2.75, 3.05) is 21.3 Å². The molecule has 2 aliphatic heterocycles. The third kappa shape index (κ3) is 3.26. The van der Waals surface area contributed by atoms with Crippen molar-refractivity contribution in [2.24, 2.45) is 0 Å². The van der Waals surface area contributed by atoms with Gasteiger partial charge >= 0.3 is 5.97 Å². The molecule has 1 aromatic rings. The highest BCUT2D eigenvalue weighted by atomic mass is 16.5. The summed E-state index contributed by atoms with van der Waals surface area (Å²) in [4.78, 5) is 23.9. The lowest BCUT2D eigenvalue weighted by Gasteiger charge is -2.13. The second-order valence-electron chi connectivity index (χ2n) is 5.66. The van der Waals surface area contributed by atoms with Gasteiger partial charge in [-0.25, -0.2) is 9.89 Å². The highest BCUT2D eigenvalue weighted by molar-refractivity contribution is 5.95. The summed E-state index contributed by atoms with van der Waals surface area (Å²) in [7, 11) is 4.46. The highest BCUT2D eigenvalue weighted by Crippen LogP contribution is 2.28. The molecule has 0 spiro atoms. The first kappa shape index (κ1) is 17.5. The number of ether oxygens (including phenoxy) is 3. The number of fused-ring (bicyclic) bond motifs is 1. The summed E-state index contributed by atoms with van der Waals surface area (Å²) in [6.07, 6.45) is 3.98. The van der Waals surface area contributed by atoms with Crippen LogP contribution in [0.1, 0.15) is 15.9 Å². The van der Waals surface area contributed by atoms with Gasteiger partial charge in [-0.2, -0.15) is 5.10 Å². The molecule has 0 bridgehead atoms. The fourth-order valence-electron chi connectivity index (χ4n) is 2.77. The molecule has 1 N–H and O–H groups in total. The van der Waals surface area contributed by atoms with Crippen LogP contribution in [0.15, 0.2) is 35.4 Å². The van der Waals surface area contributed by atoms with Crippen molar-refractivity contribution in [1.29, 1.82) is 0 Å². The molecule has 8 nitrogen and oxygen atoms in total. The van der Waals surface area contributed by atoms with Crippen LogP contribution in [-0.4, -0.2) is 42.1 Å². The van der Waals surface area contributed by atoms with Gasteiger partial charge in [-0.3, -0.25) is 4.79 Å². The molecule has 26 heavy (non-hydrogen) atoms. The second kappa shape index (κ2) is 7.30. The molecule has 0 saturated heterocycles. The normalized spacial score (nSPS) is 10.7. The van der Waals surface area contributed by atoms with Gasteiger partial charge in [-0.15, -0.1) is 0 Å². The summed E-state index contributed by atoms with van der Waals surface area (Å²) < 4.78 is 17.1. The van der Waals surface area contributed by atoms with Crippen LogP contribution in [0.2, 0.25) is 0 Å². The Kier molecular flexibility index (Phi) is 4.92. The predicted octanol–water partition coefficient (Wildman–Crippen LogP) is 1.72. The quantitative estimate of drug-likeness (QED) is 0.675. The lowest BCUT2D eigenvalue weighted by atomic mass is 10.1. The molecular weight excluding hydrogens is 338 g/mol. The number of methoxy groups -OCH3 is 3. The molecule has 0 unspecified atom stereocenters. The number of nitrogens with one attached hydrogen (secondary N) is 1. The van der Waals surface area contributed by atoms with Crippen molar-refractivity contribution in [1.82, 2.24) is 14.8 Å². The van der Waals surface area contributed by atoms with E-state index >= 15 is 0 Å². The molecule has 0 aromatic heterocycles. The van der Waals surface area contributed by atoms with Gasteiger partial charge in [-0.05, 0) is 24.1 Å². The van der Waals surface area contributed by atoms with E-state index in [1.165, 1.54) is 7.11 Å². The van der Waals surface area contributed by atoms with E-state index in [9.17, 15) is 9.59 Å². The van der Waals surface area contributed by atoms with Gasteiger partial charge in [0, 0.05) is 18.9 Å². The lowest BCUT2D eigenvalue weighted by molar-refractivity contribution is 0.0600. The Morgan fingerprint density at radius 1 is 1.15 bits per heavy atom. The molecule has 0 aliphatic carbocycles. The number of esters is 1. The Bertz CT molecular complexity index is 960. The minimum Gasteiger partial charge on any atom is -0.493 e. The first-order chi connectivity index (χ1) is 12.6. The number of benzene rings is 1. The number of carbonyl (C=O) groups is 1. The summed E-state index contributed by atoms with van der Waals surface area (Å²) in [6.45, 7) is 0.556. The number of nitrogens with zero attached hydrogens (tertiary/aromatic N) is 2. The standard InChI is InChI=1S/C18H19N3O5/c1-24-14-5-4-11(8-15(14)25-2)6-7-21-9-12-16(19-20-17(12)22)13(10-21)18(23)26-3/h4-5,8-10H,6-7H2,1-3H3,(H,20,22). The number of hydrogen-bond donors (Lipinski definition) is 1. The number of rotatable bonds is 6. The molecule has 2 heterocycles. The highest BCUT2D eigenvalue weighted by Gasteiger charge is 2.21. The van der Waals surface area contributed by atoms with E-state index in [1.54, 1.807) is 31.2 Å². The third-order valence-electron chi connectivity index (χ3n) is 4.13. The van der Waals surface area contributed by atoms with Crippen LogP contribution in [0.5, 0.6) is 11.5 Å². The van der Waals surface area contributed by atoms with E-state index in [-0.39, 0.29) is 11.1 Å². The van der Waals surface area contributed by atoms with E-state index in [0.29, 0.717) is 35.7 Å². The van der Waals surface area contributed by atoms with E-state index in [4.69, 9.17) is 14.2 Å². The first-order valence-corrected chi connectivity index (χ1v) is 7.94. The SMILES string of the molecule is COC(=O)c1cn(CCc2ccc(OC)c(OC)c2)cc2c(=O)[nH]nc1-2. The monoisotopic (exact) mass is 357 g/mol. The topological polar surface area (TPSA) is 95.4 Å². The number of aromatic amines is 1. The number of hydrogen-bond acceptors (Lipinski definition) is 6. The Morgan fingerprint density at radius 3 is 2.62 bits per heavy atom. The minimum absolute atomic E-state index is 0.246. The lowest BCUT2D eigenvalue weighted by Crippen LogP contribution is -2.13. The zero-order chi connectivity index (χ0) is 18.7.